The SMILES string of the molecule is O=C1c2cc(COc3ccccc3)nn2CCN1Cc1ccnc(CCc2ncccc2CN2CCn3nc(COc4ccccc4)cc3C2=O)n1. The number of fused-ring (bicyclic) bond motifs is 2. The standard InChI is InChI=1S/C39H37N9O4/c49-38-35-22-30(26-51-32-9-3-1-4-10-32)43-47(35)20-18-45(38)24-28-8-7-16-40-34(28)13-14-37-41-17-15-29(42-37)25-46-19-21-48-36(39(46)50)23-31(44-48)27-52-33-11-5-2-6-12-33/h1-12,15-17,22-23H,13-14,18-21,24-27H2. The summed E-state index contributed by atoms with van der Waals surface area (Å²) < 4.78 is 15.2. The molecule has 0 saturated heterocycles. The van der Waals surface area contributed by atoms with Gasteiger partial charge in [0.15, 0.2) is 0 Å². The van der Waals surface area contributed by atoms with Crippen molar-refractivity contribution in [2.45, 2.75) is 52.2 Å². The van der Waals surface area contributed by atoms with E-state index < -0.39 is 0 Å². The first-order chi connectivity index (χ1) is 25.6. The zero-order valence-corrected chi connectivity index (χ0v) is 28.5. The van der Waals surface area contributed by atoms with Gasteiger partial charge >= 0.3 is 0 Å². The highest BCUT2D eigenvalue weighted by Gasteiger charge is 2.28. The summed E-state index contributed by atoms with van der Waals surface area (Å²) in [6, 6.07) is 28.5. The van der Waals surface area contributed by atoms with Crippen molar-refractivity contribution in [3.05, 3.63) is 149 Å². The lowest BCUT2D eigenvalue weighted by atomic mass is 10.1. The first-order valence-corrected chi connectivity index (χ1v) is 17.4. The molecule has 6 aromatic rings. The van der Waals surface area contributed by atoms with Crippen LogP contribution in [0, 0.1) is 0 Å². The van der Waals surface area contributed by atoms with Crippen LogP contribution in [0.3, 0.4) is 0 Å². The lowest BCUT2D eigenvalue weighted by Crippen LogP contribution is -2.40. The quantitative estimate of drug-likeness (QED) is 0.171. The van der Waals surface area contributed by atoms with Gasteiger partial charge in [0.1, 0.15) is 53.3 Å². The second-order valence-electron chi connectivity index (χ2n) is 12.7. The molecule has 0 unspecified atom stereocenters. The van der Waals surface area contributed by atoms with Gasteiger partial charge in [-0.3, -0.25) is 23.9 Å². The molecule has 0 aliphatic carbocycles. The minimum Gasteiger partial charge on any atom is -0.487 e. The summed E-state index contributed by atoms with van der Waals surface area (Å²) in [6.45, 7) is 3.67. The van der Waals surface area contributed by atoms with Gasteiger partial charge < -0.3 is 19.3 Å². The molecule has 0 bridgehead atoms. The van der Waals surface area contributed by atoms with Gasteiger partial charge in [0, 0.05) is 44.1 Å². The Kier molecular flexibility index (Phi) is 9.37. The molecule has 0 spiro atoms. The molecule has 0 saturated carbocycles. The molecule has 2 aliphatic rings. The van der Waals surface area contributed by atoms with Gasteiger partial charge in [-0.25, -0.2) is 9.97 Å². The summed E-state index contributed by atoms with van der Waals surface area (Å²) in [6.07, 6.45) is 4.68. The molecule has 0 N–H and O–H groups in total. The Morgan fingerprint density at radius 2 is 1.17 bits per heavy atom. The number of hydrogen-bond acceptors (Lipinski definition) is 9. The predicted molar refractivity (Wildman–Crippen MR) is 189 cm³/mol. The van der Waals surface area contributed by atoms with Crippen LogP contribution in [0.4, 0.5) is 0 Å². The van der Waals surface area contributed by atoms with E-state index in [1.54, 1.807) is 32.7 Å². The Balaban J connectivity index is 0.868. The third-order valence-corrected chi connectivity index (χ3v) is 9.14. The smallest absolute Gasteiger partial charge is 0.272 e. The molecule has 4 aromatic heterocycles. The van der Waals surface area contributed by atoms with Crippen molar-refractivity contribution in [3.8, 4) is 11.5 Å². The van der Waals surface area contributed by atoms with Crippen LogP contribution < -0.4 is 9.47 Å². The fourth-order valence-electron chi connectivity index (χ4n) is 6.50. The van der Waals surface area contributed by atoms with Gasteiger partial charge in [-0.2, -0.15) is 10.2 Å². The van der Waals surface area contributed by atoms with Gasteiger partial charge in [0.2, 0.25) is 0 Å². The van der Waals surface area contributed by atoms with Gasteiger partial charge in [0.25, 0.3) is 11.8 Å². The van der Waals surface area contributed by atoms with E-state index in [9.17, 15) is 9.59 Å². The third-order valence-electron chi connectivity index (χ3n) is 9.14. The molecule has 6 heterocycles. The maximum absolute atomic E-state index is 13.5. The Morgan fingerprint density at radius 3 is 1.79 bits per heavy atom. The van der Waals surface area contributed by atoms with Crippen LogP contribution >= 0.6 is 0 Å². The highest BCUT2D eigenvalue weighted by atomic mass is 16.5. The number of aryl methyl sites for hydroxylation is 2. The Bertz CT molecular complexity index is 2180. The van der Waals surface area contributed by atoms with Crippen LogP contribution in [0.1, 0.15) is 55.1 Å². The highest BCUT2D eigenvalue weighted by molar-refractivity contribution is 5.93. The van der Waals surface area contributed by atoms with Gasteiger partial charge in [-0.1, -0.05) is 42.5 Å². The summed E-state index contributed by atoms with van der Waals surface area (Å²) >= 11 is 0. The number of carbonyl (C=O) groups excluding carboxylic acids is 2. The normalized spacial score (nSPS) is 13.9. The zero-order chi connectivity index (χ0) is 35.3. The second-order valence-corrected chi connectivity index (χ2v) is 12.7. The number of carbonyl (C=O) groups is 2. The van der Waals surface area contributed by atoms with Crippen molar-refractivity contribution in [1.29, 1.82) is 0 Å². The molecule has 0 atom stereocenters. The van der Waals surface area contributed by atoms with Crippen LogP contribution in [0.25, 0.3) is 0 Å². The molecular weight excluding hydrogens is 658 g/mol. The molecule has 0 fully saturated rings. The number of amides is 2. The second kappa shape index (κ2) is 14.9. The molecule has 8 rings (SSSR count). The molecular formula is C39H37N9O4. The first kappa shape index (κ1) is 32.8. The Morgan fingerprint density at radius 1 is 0.577 bits per heavy atom. The summed E-state index contributed by atoms with van der Waals surface area (Å²) in [5, 5.41) is 9.18. The van der Waals surface area contributed by atoms with Crippen molar-refractivity contribution < 1.29 is 19.1 Å². The minimum absolute atomic E-state index is 0.0670. The lowest BCUT2D eigenvalue weighted by Gasteiger charge is -2.28. The first-order valence-electron chi connectivity index (χ1n) is 17.4. The van der Waals surface area contributed by atoms with E-state index in [-0.39, 0.29) is 18.4 Å². The van der Waals surface area contributed by atoms with E-state index in [1.165, 1.54) is 0 Å². The van der Waals surface area contributed by atoms with Crippen LogP contribution in [-0.4, -0.2) is 69.2 Å². The number of pyridine rings is 1. The maximum atomic E-state index is 13.5. The summed E-state index contributed by atoms with van der Waals surface area (Å²) in [7, 11) is 0. The fourth-order valence-corrected chi connectivity index (χ4v) is 6.50. The highest BCUT2D eigenvalue weighted by Crippen LogP contribution is 2.21. The summed E-state index contributed by atoms with van der Waals surface area (Å²) in [5.41, 5.74) is 5.18. The van der Waals surface area contributed by atoms with E-state index in [4.69, 9.17) is 14.5 Å². The summed E-state index contributed by atoms with van der Waals surface area (Å²) in [5.74, 6) is 2.03. The van der Waals surface area contributed by atoms with Crippen molar-refractivity contribution >= 4 is 11.8 Å². The fraction of sp³-hybridized carbons (Fsp3) is 0.256. The molecule has 13 nitrogen and oxygen atoms in total. The van der Waals surface area contributed by atoms with Crippen molar-refractivity contribution in [2.24, 2.45) is 0 Å². The Hall–Kier alpha value is -6.37. The van der Waals surface area contributed by atoms with Crippen molar-refractivity contribution in [3.63, 3.8) is 0 Å². The van der Waals surface area contributed by atoms with Crippen LogP contribution in [0.15, 0.2) is 103 Å². The maximum Gasteiger partial charge on any atom is 0.272 e. The van der Waals surface area contributed by atoms with Crippen molar-refractivity contribution in [1.82, 2.24) is 44.3 Å². The monoisotopic (exact) mass is 695 g/mol. The molecule has 2 aliphatic heterocycles. The molecule has 52 heavy (non-hydrogen) atoms. The average molecular weight is 696 g/mol. The molecule has 262 valence electrons. The molecule has 13 heteroatoms. The van der Waals surface area contributed by atoms with Gasteiger partial charge in [-0.15, -0.1) is 0 Å². The van der Waals surface area contributed by atoms with E-state index in [0.717, 1.165) is 28.5 Å². The number of para-hydroxylation sites is 2. The van der Waals surface area contributed by atoms with Crippen molar-refractivity contribution in [2.75, 3.05) is 13.1 Å². The minimum atomic E-state index is -0.0879. The number of ether oxygens (including phenoxy) is 2. The van der Waals surface area contributed by atoms with E-state index in [0.29, 0.717) is 87.3 Å². The third kappa shape index (κ3) is 7.38. The summed E-state index contributed by atoms with van der Waals surface area (Å²) in [4.78, 5) is 44.6. The average Bonchev–Trinajstić information content (AvgIpc) is 3.81. The lowest BCUT2D eigenvalue weighted by molar-refractivity contribution is 0.0675. The number of nitrogens with zero attached hydrogens (tertiary/aromatic N) is 9. The molecule has 0 radical (unpaired) electrons. The number of rotatable bonds is 13. The molecule has 2 amide bonds. The topological polar surface area (TPSA) is 133 Å². The van der Waals surface area contributed by atoms with E-state index >= 15 is 0 Å². The van der Waals surface area contributed by atoms with Crippen LogP contribution in [-0.2, 0) is 52.2 Å². The number of benzene rings is 2. The predicted octanol–water partition coefficient (Wildman–Crippen LogP) is 4.52. The van der Waals surface area contributed by atoms with Gasteiger partial charge in [0.05, 0.1) is 25.3 Å². The van der Waals surface area contributed by atoms with Crippen LogP contribution in [0.5, 0.6) is 11.5 Å². The zero-order valence-electron chi connectivity index (χ0n) is 28.5. The molecule has 2 aromatic carbocycles. The van der Waals surface area contributed by atoms with E-state index in [2.05, 4.69) is 20.2 Å². The Labute approximate surface area is 300 Å². The van der Waals surface area contributed by atoms with Crippen LogP contribution in [0.2, 0.25) is 0 Å². The van der Waals surface area contributed by atoms with E-state index in [1.807, 2.05) is 89.8 Å². The number of aromatic nitrogens is 7. The largest absolute Gasteiger partial charge is 0.487 e. The van der Waals surface area contributed by atoms with Gasteiger partial charge in [-0.05, 0) is 60.5 Å². The number of hydrogen-bond donors (Lipinski definition) is 0.